The van der Waals surface area contributed by atoms with E-state index >= 15 is 0 Å². The molecule has 0 heterocycles. The number of nitrogen functional groups attached to an aromatic ring is 1. The summed E-state index contributed by atoms with van der Waals surface area (Å²) in [6, 6.07) is 4.59. The highest BCUT2D eigenvalue weighted by molar-refractivity contribution is 5.90. The minimum absolute atomic E-state index is 0.0554. The van der Waals surface area contributed by atoms with E-state index in [4.69, 9.17) is 10.5 Å². The highest BCUT2D eigenvalue weighted by atomic mass is 16.5. The molecule has 0 fully saturated rings. The Balaban J connectivity index is 2.66. The van der Waals surface area contributed by atoms with Crippen molar-refractivity contribution < 1.29 is 19.1 Å². The highest BCUT2D eigenvalue weighted by Gasteiger charge is 2.13. The SMILES string of the molecule is COC(=O)c1ccc(N)c(OCC(=O)NC(C)C(C)C)c1. The van der Waals surface area contributed by atoms with Crippen LogP contribution in [-0.2, 0) is 9.53 Å². The number of rotatable bonds is 6. The maximum Gasteiger partial charge on any atom is 0.337 e. The number of ether oxygens (including phenoxy) is 2. The Morgan fingerprint density at radius 2 is 1.95 bits per heavy atom. The van der Waals surface area contributed by atoms with Gasteiger partial charge in [0.05, 0.1) is 18.4 Å². The number of carbonyl (C=O) groups excluding carboxylic acids is 2. The van der Waals surface area contributed by atoms with Gasteiger partial charge in [-0.15, -0.1) is 0 Å². The summed E-state index contributed by atoms with van der Waals surface area (Å²) in [5.41, 5.74) is 6.43. The summed E-state index contributed by atoms with van der Waals surface area (Å²) in [6.07, 6.45) is 0. The van der Waals surface area contributed by atoms with Crippen molar-refractivity contribution in [1.82, 2.24) is 5.32 Å². The maximum atomic E-state index is 11.7. The van der Waals surface area contributed by atoms with E-state index in [2.05, 4.69) is 10.1 Å². The van der Waals surface area contributed by atoms with E-state index < -0.39 is 5.97 Å². The average Bonchev–Trinajstić information content (AvgIpc) is 2.45. The molecule has 21 heavy (non-hydrogen) atoms. The number of amides is 1. The number of methoxy groups -OCH3 is 1. The van der Waals surface area contributed by atoms with Crippen LogP contribution in [0.5, 0.6) is 5.75 Å². The Morgan fingerprint density at radius 3 is 2.52 bits per heavy atom. The fourth-order valence-electron chi connectivity index (χ4n) is 1.51. The molecule has 1 aromatic carbocycles. The third-order valence-electron chi connectivity index (χ3n) is 3.18. The van der Waals surface area contributed by atoms with Gasteiger partial charge in [0.1, 0.15) is 5.75 Å². The number of esters is 1. The van der Waals surface area contributed by atoms with E-state index in [9.17, 15) is 9.59 Å². The Bertz CT molecular complexity index is 514. The second kappa shape index (κ2) is 7.52. The van der Waals surface area contributed by atoms with Crippen LogP contribution in [0.1, 0.15) is 31.1 Å². The topological polar surface area (TPSA) is 90.7 Å². The molecule has 0 saturated carbocycles. The molecule has 0 aliphatic carbocycles. The highest BCUT2D eigenvalue weighted by Crippen LogP contribution is 2.23. The number of hydrogen-bond acceptors (Lipinski definition) is 5. The lowest BCUT2D eigenvalue weighted by molar-refractivity contribution is -0.123. The standard InChI is InChI=1S/C15H22N2O4/c1-9(2)10(3)17-14(18)8-21-13-7-11(15(19)20-4)5-6-12(13)16/h5-7,9-10H,8,16H2,1-4H3,(H,17,18). The quantitative estimate of drug-likeness (QED) is 0.614. The van der Waals surface area contributed by atoms with Crippen molar-refractivity contribution in [3.05, 3.63) is 23.8 Å². The predicted octanol–water partition coefficient (Wildman–Crippen LogP) is 1.59. The minimum Gasteiger partial charge on any atom is -0.482 e. The lowest BCUT2D eigenvalue weighted by atomic mass is 10.1. The van der Waals surface area contributed by atoms with Crippen LogP contribution in [0, 0.1) is 5.92 Å². The summed E-state index contributed by atoms with van der Waals surface area (Å²) in [5, 5.41) is 2.82. The fourth-order valence-corrected chi connectivity index (χ4v) is 1.51. The van der Waals surface area contributed by atoms with Gasteiger partial charge >= 0.3 is 5.97 Å². The van der Waals surface area contributed by atoms with E-state index in [-0.39, 0.29) is 24.3 Å². The van der Waals surface area contributed by atoms with Gasteiger partial charge < -0.3 is 20.5 Å². The third kappa shape index (κ3) is 4.98. The summed E-state index contributed by atoms with van der Waals surface area (Å²) in [6.45, 7) is 5.80. The molecule has 0 aromatic heterocycles. The van der Waals surface area contributed by atoms with Crippen molar-refractivity contribution in [3.63, 3.8) is 0 Å². The van der Waals surface area contributed by atoms with Crippen LogP contribution < -0.4 is 15.8 Å². The molecule has 0 radical (unpaired) electrons. The van der Waals surface area contributed by atoms with E-state index in [0.29, 0.717) is 17.2 Å². The second-order valence-electron chi connectivity index (χ2n) is 5.13. The molecule has 0 bridgehead atoms. The molecule has 1 atom stereocenters. The van der Waals surface area contributed by atoms with Crippen LogP contribution in [0.3, 0.4) is 0 Å². The van der Waals surface area contributed by atoms with Gasteiger partial charge in [0.2, 0.25) is 0 Å². The zero-order valence-corrected chi connectivity index (χ0v) is 12.8. The summed E-state index contributed by atoms with van der Waals surface area (Å²) >= 11 is 0. The molecule has 0 aliphatic heterocycles. The summed E-state index contributed by atoms with van der Waals surface area (Å²) in [4.78, 5) is 23.2. The number of carbonyl (C=O) groups is 2. The Kier molecular flexibility index (Phi) is 6.02. The van der Waals surface area contributed by atoms with Crippen molar-refractivity contribution in [3.8, 4) is 5.75 Å². The van der Waals surface area contributed by atoms with Crippen LogP contribution in [0.4, 0.5) is 5.69 Å². The van der Waals surface area contributed by atoms with E-state index in [1.807, 2.05) is 20.8 Å². The number of hydrogen-bond donors (Lipinski definition) is 2. The van der Waals surface area contributed by atoms with Crippen molar-refractivity contribution >= 4 is 17.6 Å². The van der Waals surface area contributed by atoms with Crippen LogP contribution in [0.2, 0.25) is 0 Å². The molecule has 3 N–H and O–H groups in total. The molecule has 6 heteroatoms. The second-order valence-corrected chi connectivity index (χ2v) is 5.13. The van der Waals surface area contributed by atoms with Crippen LogP contribution in [0.15, 0.2) is 18.2 Å². The molecule has 0 aliphatic rings. The van der Waals surface area contributed by atoms with Gasteiger partial charge in [-0.2, -0.15) is 0 Å². The number of nitrogens with one attached hydrogen (secondary N) is 1. The first-order valence-corrected chi connectivity index (χ1v) is 6.75. The van der Waals surface area contributed by atoms with Crippen LogP contribution in [0.25, 0.3) is 0 Å². The number of nitrogens with two attached hydrogens (primary N) is 1. The van der Waals surface area contributed by atoms with E-state index in [1.165, 1.54) is 25.3 Å². The summed E-state index contributed by atoms with van der Waals surface area (Å²) in [5.74, 6) is -0.108. The van der Waals surface area contributed by atoms with E-state index in [1.54, 1.807) is 0 Å². The van der Waals surface area contributed by atoms with Gasteiger partial charge in [-0.25, -0.2) is 4.79 Å². The van der Waals surface area contributed by atoms with Crippen LogP contribution in [-0.4, -0.2) is 31.6 Å². The Hall–Kier alpha value is -2.24. The van der Waals surface area contributed by atoms with Crippen molar-refractivity contribution in [2.24, 2.45) is 5.92 Å². The van der Waals surface area contributed by atoms with Gasteiger partial charge in [-0.05, 0) is 31.0 Å². The van der Waals surface area contributed by atoms with Gasteiger partial charge in [0.25, 0.3) is 5.91 Å². The van der Waals surface area contributed by atoms with Gasteiger partial charge in [0, 0.05) is 6.04 Å². The number of benzene rings is 1. The van der Waals surface area contributed by atoms with Crippen molar-refractivity contribution in [2.75, 3.05) is 19.5 Å². The smallest absolute Gasteiger partial charge is 0.337 e. The maximum absolute atomic E-state index is 11.7. The molecular weight excluding hydrogens is 272 g/mol. The first-order chi connectivity index (χ1) is 9.85. The molecule has 1 unspecified atom stereocenters. The normalized spacial score (nSPS) is 11.9. The summed E-state index contributed by atoms with van der Waals surface area (Å²) < 4.78 is 9.99. The van der Waals surface area contributed by atoms with Crippen molar-refractivity contribution in [1.29, 1.82) is 0 Å². The van der Waals surface area contributed by atoms with E-state index in [0.717, 1.165) is 0 Å². The van der Waals surface area contributed by atoms with Gasteiger partial charge in [0.15, 0.2) is 6.61 Å². The molecule has 1 amide bonds. The van der Waals surface area contributed by atoms with Gasteiger partial charge in [-0.3, -0.25) is 4.79 Å². The molecule has 1 rings (SSSR count). The summed E-state index contributed by atoms with van der Waals surface area (Å²) in [7, 11) is 1.29. The molecule has 6 nitrogen and oxygen atoms in total. The first kappa shape index (κ1) is 16.8. The lowest BCUT2D eigenvalue weighted by Crippen LogP contribution is -2.39. The number of anilines is 1. The van der Waals surface area contributed by atoms with Crippen molar-refractivity contribution in [2.45, 2.75) is 26.8 Å². The molecular formula is C15H22N2O4. The predicted molar refractivity (Wildman–Crippen MR) is 80.1 cm³/mol. The lowest BCUT2D eigenvalue weighted by Gasteiger charge is -2.17. The van der Waals surface area contributed by atoms with Gasteiger partial charge in [-0.1, -0.05) is 13.8 Å². The molecule has 0 saturated heterocycles. The average molecular weight is 294 g/mol. The zero-order valence-electron chi connectivity index (χ0n) is 12.8. The minimum atomic E-state index is -0.488. The zero-order chi connectivity index (χ0) is 16.0. The molecule has 1 aromatic rings. The Morgan fingerprint density at radius 1 is 1.29 bits per heavy atom. The molecule has 116 valence electrons. The molecule has 0 spiro atoms. The van der Waals surface area contributed by atoms with Crippen LogP contribution >= 0.6 is 0 Å². The fraction of sp³-hybridized carbons (Fsp3) is 0.467. The first-order valence-electron chi connectivity index (χ1n) is 6.75. The third-order valence-corrected chi connectivity index (χ3v) is 3.18. The monoisotopic (exact) mass is 294 g/mol. The largest absolute Gasteiger partial charge is 0.482 e. The Labute approximate surface area is 124 Å².